The highest BCUT2D eigenvalue weighted by atomic mass is 35.5. The van der Waals surface area contributed by atoms with Crippen LogP contribution in [-0.4, -0.2) is 28.8 Å². The zero-order valence-corrected chi connectivity index (χ0v) is 12.8. The van der Waals surface area contributed by atoms with Crippen molar-refractivity contribution in [2.45, 2.75) is 45.3 Å². The van der Waals surface area contributed by atoms with Crippen LogP contribution in [0.5, 0.6) is 0 Å². The first-order chi connectivity index (χ1) is 9.99. The molecular formula is C15H18ClFN2O2. The van der Waals surface area contributed by atoms with Crippen LogP contribution in [0, 0.1) is 5.82 Å². The minimum absolute atomic E-state index is 0.000756. The van der Waals surface area contributed by atoms with Crippen molar-refractivity contribution in [3.63, 3.8) is 0 Å². The molecule has 2 rings (SSSR count). The maximum Gasteiger partial charge on any atom is 0.246 e. The molecule has 0 saturated carbocycles. The fraction of sp³-hybridized carbons (Fsp3) is 0.467. The molecule has 4 nitrogen and oxygen atoms in total. The van der Waals surface area contributed by atoms with Gasteiger partial charge in [0, 0.05) is 6.54 Å². The van der Waals surface area contributed by atoms with Crippen LogP contribution >= 0.6 is 11.6 Å². The van der Waals surface area contributed by atoms with Crippen LogP contribution in [-0.2, 0) is 16.1 Å². The first kappa shape index (κ1) is 15.8. The van der Waals surface area contributed by atoms with Crippen molar-refractivity contribution in [1.29, 1.82) is 0 Å². The second-order valence-electron chi connectivity index (χ2n) is 5.07. The normalized spacial score (nSPS) is 22.4. The summed E-state index contributed by atoms with van der Waals surface area (Å²) in [5.41, 5.74) is 0.507. The van der Waals surface area contributed by atoms with Gasteiger partial charge in [-0.2, -0.15) is 0 Å². The largest absolute Gasteiger partial charge is 0.343 e. The van der Waals surface area contributed by atoms with E-state index in [1.807, 2.05) is 13.8 Å². The van der Waals surface area contributed by atoms with Crippen molar-refractivity contribution in [2.24, 2.45) is 0 Å². The van der Waals surface area contributed by atoms with E-state index >= 15 is 0 Å². The van der Waals surface area contributed by atoms with Crippen LogP contribution in [0.4, 0.5) is 4.39 Å². The standard InChI is InChI=1S/C15H18ClFN2O2/c1-3-11-15(21)19(12(4-2)14(20)18-11)8-9-6-5-7-10(17)13(9)16/h5-7,11-12H,3-4,8H2,1-2H3,(H,18,20). The maximum atomic E-state index is 13.5. The molecule has 1 saturated heterocycles. The fourth-order valence-corrected chi connectivity index (χ4v) is 2.74. The Morgan fingerprint density at radius 2 is 2.00 bits per heavy atom. The number of rotatable bonds is 4. The molecule has 0 bridgehead atoms. The summed E-state index contributed by atoms with van der Waals surface area (Å²) in [6.45, 7) is 3.81. The lowest BCUT2D eigenvalue weighted by Crippen LogP contribution is -2.62. The second-order valence-corrected chi connectivity index (χ2v) is 5.45. The molecule has 114 valence electrons. The summed E-state index contributed by atoms with van der Waals surface area (Å²) in [5, 5.41) is 2.72. The van der Waals surface area contributed by atoms with Gasteiger partial charge in [0.15, 0.2) is 0 Å². The lowest BCUT2D eigenvalue weighted by molar-refractivity contribution is -0.150. The molecule has 0 aromatic heterocycles. The number of carbonyl (C=O) groups is 2. The zero-order valence-electron chi connectivity index (χ0n) is 12.0. The Morgan fingerprint density at radius 3 is 2.62 bits per heavy atom. The highest BCUT2D eigenvalue weighted by Crippen LogP contribution is 2.24. The molecule has 1 aromatic carbocycles. The third-order valence-electron chi connectivity index (χ3n) is 3.74. The average Bonchev–Trinajstić information content (AvgIpc) is 2.47. The SMILES string of the molecule is CCC1NC(=O)C(CC)N(Cc2cccc(F)c2Cl)C1=O. The molecule has 2 atom stereocenters. The van der Waals surface area contributed by atoms with Gasteiger partial charge in [-0.05, 0) is 24.5 Å². The number of nitrogens with zero attached hydrogens (tertiary/aromatic N) is 1. The van der Waals surface area contributed by atoms with Gasteiger partial charge in [-0.3, -0.25) is 9.59 Å². The van der Waals surface area contributed by atoms with Gasteiger partial charge >= 0.3 is 0 Å². The number of halogens is 2. The van der Waals surface area contributed by atoms with Gasteiger partial charge in [-0.1, -0.05) is 37.6 Å². The predicted octanol–water partition coefficient (Wildman–Crippen LogP) is 2.49. The van der Waals surface area contributed by atoms with Gasteiger partial charge in [-0.15, -0.1) is 0 Å². The van der Waals surface area contributed by atoms with Gasteiger partial charge in [0.25, 0.3) is 0 Å². The predicted molar refractivity (Wildman–Crippen MR) is 78.3 cm³/mol. The molecule has 0 radical (unpaired) electrons. The average molecular weight is 313 g/mol. The smallest absolute Gasteiger partial charge is 0.246 e. The molecule has 2 unspecified atom stereocenters. The van der Waals surface area contributed by atoms with E-state index in [4.69, 9.17) is 11.6 Å². The lowest BCUT2D eigenvalue weighted by Gasteiger charge is -2.38. The Hall–Kier alpha value is -1.62. The van der Waals surface area contributed by atoms with Crippen molar-refractivity contribution in [2.75, 3.05) is 0 Å². The van der Waals surface area contributed by atoms with Crippen LogP contribution < -0.4 is 5.32 Å². The first-order valence-electron chi connectivity index (χ1n) is 7.03. The van der Waals surface area contributed by atoms with E-state index < -0.39 is 17.9 Å². The molecule has 6 heteroatoms. The van der Waals surface area contributed by atoms with E-state index in [1.165, 1.54) is 11.0 Å². The maximum absolute atomic E-state index is 13.5. The van der Waals surface area contributed by atoms with E-state index in [1.54, 1.807) is 12.1 Å². The van der Waals surface area contributed by atoms with E-state index in [0.717, 1.165) is 0 Å². The van der Waals surface area contributed by atoms with Gasteiger partial charge in [0.05, 0.1) is 5.02 Å². The van der Waals surface area contributed by atoms with Crippen LogP contribution in [0.1, 0.15) is 32.3 Å². The van der Waals surface area contributed by atoms with Gasteiger partial charge < -0.3 is 10.2 Å². The topological polar surface area (TPSA) is 49.4 Å². The quantitative estimate of drug-likeness (QED) is 0.928. The summed E-state index contributed by atoms with van der Waals surface area (Å²) in [4.78, 5) is 26.0. The van der Waals surface area contributed by atoms with Crippen LogP contribution in [0.15, 0.2) is 18.2 Å². The molecule has 1 aliphatic rings. The minimum atomic E-state index is -0.542. The summed E-state index contributed by atoms with van der Waals surface area (Å²) >= 11 is 5.94. The van der Waals surface area contributed by atoms with E-state index in [0.29, 0.717) is 18.4 Å². The Morgan fingerprint density at radius 1 is 1.29 bits per heavy atom. The number of hydrogen-bond donors (Lipinski definition) is 1. The Labute approximate surface area is 128 Å². The molecule has 1 aromatic rings. The van der Waals surface area contributed by atoms with Crippen molar-refractivity contribution >= 4 is 23.4 Å². The minimum Gasteiger partial charge on any atom is -0.343 e. The molecule has 1 N–H and O–H groups in total. The number of carbonyl (C=O) groups excluding carboxylic acids is 2. The highest BCUT2D eigenvalue weighted by molar-refractivity contribution is 6.31. The van der Waals surface area contributed by atoms with Crippen LogP contribution in [0.3, 0.4) is 0 Å². The summed E-state index contributed by atoms with van der Waals surface area (Å²) in [5.74, 6) is -0.844. The van der Waals surface area contributed by atoms with Crippen molar-refractivity contribution < 1.29 is 14.0 Å². The van der Waals surface area contributed by atoms with Crippen molar-refractivity contribution in [1.82, 2.24) is 10.2 Å². The summed E-state index contributed by atoms with van der Waals surface area (Å²) in [6.07, 6.45) is 1.02. The number of amides is 2. The van der Waals surface area contributed by atoms with Crippen LogP contribution in [0.2, 0.25) is 5.02 Å². The van der Waals surface area contributed by atoms with Crippen molar-refractivity contribution in [3.8, 4) is 0 Å². The number of benzene rings is 1. The monoisotopic (exact) mass is 312 g/mol. The lowest BCUT2D eigenvalue weighted by atomic mass is 10.0. The number of nitrogens with one attached hydrogen (secondary N) is 1. The van der Waals surface area contributed by atoms with Gasteiger partial charge in [0.2, 0.25) is 11.8 Å². The first-order valence-corrected chi connectivity index (χ1v) is 7.41. The molecule has 2 amide bonds. The number of piperazine rings is 1. The molecule has 1 aliphatic heterocycles. The molecule has 1 fully saturated rings. The highest BCUT2D eigenvalue weighted by Gasteiger charge is 2.38. The Kier molecular flexibility index (Phi) is 4.83. The van der Waals surface area contributed by atoms with E-state index in [-0.39, 0.29) is 23.4 Å². The summed E-state index contributed by atoms with van der Waals surface area (Å²) in [7, 11) is 0. The zero-order chi connectivity index (χ0) is 15.6. The molecule has 1 heterocycles. The van der Waals surface area contributed by atoms with Gasteiger partial charge in [0.1, 0.15) is 17.9 Å². The van der Waals surface area contributed by atoms with E-state index in [9.17, 15) is 14.0 Å². The molecule has 0 aliphatic carbocycles. The van der Waals surface area contributed by atoms with Crippen molar-refractivity contribution in [3.05, 3.63) is 34.6 Å². The molecule has 21 heavy (non-hydrogen) atoms. The summed E-state index contributed by atoms with van der Waals surface area (Å²) in [6, 6.07) is 3.41. The molecular weight excluding hydrogens is 295 g/mol. The third-order valence-corrected chi connectivity index (χ3v) is 4.17. The van der Waals surface area contributed by atoms with E-state index in [2.05, 4.69) is 5.32 Å². The number of hydrogen-bond acceptors (Lipinski definition) is 2. The van der Waals surface area contributed by atoms with Crippen LogP contribution in [0.25, 0.3) is 0 Å². The molecule has 0 spiro atoms. The fourth-order valence-electron chi connectivity index (χ4n) is 2.55. The van der Waals surface area contributed by atoms with Gasteiger partial charge in [-0.25, -0.2) is 4.39 Å². The Balaban J connectivity index is 2.31. The summed E-state index contributed by atoms with van der Waals surface area (Å²) < 4.78 is 13.5. The third kappa shape index (κ3) is 3.02. The second kappa shape index (κ2) is 6.43. The Bertz CT molecular complexity index is 565.